The maximum Gasteiger partial charge on any atom is 0.123 e. The van der Waals surface area contributed by atoms with Crippen molar-refractivity contribution in [1.29, 1.82) is 0 Å². The lowest BCUT2D eigenvalue weighted by molar-refractivity contribution is 0.373. The summed E-state index contributed by atoms with van der Waals surface area (Å²) in [5, 5.41) is 3.43. The SMILES string of the molecule is CNC(CC1CCCc2ccccc21)c1occc1C. The van der Waals surface area contributed by atoms with Crippen LogP contribution in [0.1, 0.15) is 53.7 Å². The van der Waals surface area contributed by atoms with E-state index in [4.69, 9.17) is 4.42 Å². The Morgan fingerprint density at radius 1 is 1.30 bits per heavy atom. The van der Waals surface area contributed by atoms with Crippen LogP contribution in [0.4, 0.5) is 0 Å². The molecule has 106 valence electrons. The zero-order chi connectivity index (χ0) is 13.9. The number of nitrogens with one attached hydrogen (secondary N) is 1. The summed E-state index contributed by atoms with van der Waals surface area (Å²) in [6, 6.07) is 11.3. The van der Waals surface area contributed by atoms with Gasteiger partial charge >= 0.3 is 0 Å². The summed E-state index contributed by atoms with van der Waals surface area (Å²) >= 11 is 0. The van der Waals surface area contributed by atoms with Crippen molar-refractivity contribution in [3.8, 4) is 0 Å². The zero-order valence-electron chi connectivity index (χ0n) is 12.4. The lowest BCUT2D eigenvalue weighted by Crippen LogP contribution is -2.21. The Balaban J connectivity index is 1.82. The summed E-state index contributed by atoms with van der Waals surface area (Å²) in [6.07, 6.45) is 6.73. The van der Waals surface area contributed by atoms with E-state index < -0.39 is 0 Å². The minimum absolute atomic E-state index is 0.307. The predicted octanol–water partition coefficient (Wildman–Crippen LogP) is 4.36. The van der Waals surface area contributed by atoms with Gasteiger partial charge in [0.25, 0.3) is 0 Å². The summed E-state index contributed by atoms with van der Waals surface area (Å²) in [7, 11) is 2.03. The van der Waals surface area contributed by atoms with E-state index in [9.17, 15) is 0 Å². The molecule has 1 heterocycles. The molecule has 3 rings (SSSR count). The number of fused-ring (bicyclic) bond motifs is 1. The van der Waals surface area contributed by atoms with Crippen LogP contribution in [-0.4, -0.2) is 7.05 Å². The summed E-state index contributed by atoms with van der Waals surface area (Å²) < 4.78 is 5.68. The molecule has 1 aliphatic rings. The molecule has 1 aliphatic carbocycles. The van der Waals surface area contributed by atoms with Gasteiger partial charge in [-0.25, -0.2) is 0 Å². The van der Waals surface area contributed by atoms with Gasteiger partial charge in [0.1, 0.15) is 5.76 Å². The van der Waals surface area contributed by atoms with E-state index in [1.165, 1.54) is 30.4 Å². The van der Waals surface area contributed by atoms with Crippen molar-refractivity contribution in [2.45, 2.75) is 44.6 Å². The van der Waals surface area contributed by atoms with Crippen molar-refractivity contribution in [2.75, 3.05) is 7.05 Å². The Morgan fingerprint density at radius 2 is 2.15 bits per heavy atom. The summed E-state index contributed by atoms with van der Waals surface area (Å²) in [6.45, 7) is 2.12. The van der Waals surface area contributed by atoms with Gasteiger partial charge in [0.15, 0.2) is 0 Å². The highest BCUT2D eigenvalue weighted by atomic mass is 16.3. The lowest BCUT2D eigenvalue weighted by Gasteiger charge is -2.28. The number of benzene rings is 1. The van der Waals surface area contributed by atoms with E-state index >= 15 is 0 Å². The first kappa shape index (κ1) is 13.4. The fourth-order valence-corrected chi connectivity index (χ4v) is 3.48. The molecule has 2 unspecified atom stereocenters. The Labute approximate surface area is 121 Å². The number of aryl methyl sites for hydroxylation is 2. The van der Waals surface area contributed by atoms with Crippen molar-refractivity contribution < 1.29 is 4.42 Å². The third-order valence-corrected chi connectivity index (χ3v) is 4.58. The van der Waals surface area contributed by atoms with Gasteiger partial charge in [0.05, 0.1) is 12.3 Å². The van der Waals surface area contributed by atoms with Crippen LogP contribution in [0.5, 0.6) is 0 Å². The summed E-state index contributed by atoms with van der Waals surface area (Å²) in [5.41, 5.74) is 4.33. The van der Waals surface area contributed by atoms with Gasteiger partial charge in [0, 0.05) is 0 Å². The minimum atomic E-state index is 0.307. The molecule has 0 spiro atoms. The van der Waals surface area contributed by atoms with E-state index in [0.29, 0.717) is 12.0 Å². The molecule has 0 radical (unpaired) electrons. The van der Waals surface area contributed by atoms with E-state index in [0.717, 1.165) is 12.2 Å². The van der Waals surface area contributed by atoms with Crippen LogP contribution in [0.15, 0.2) is 41.0 Å². The molecule has 0 saturated carbocycles. The second-order valence-corrected chi connectivity index (χ2v) is 5.83. The zero-order valence-corrected chi connectivity index (χ0v) is 12.4. The molecule has 2 atom stereocenters. The van der Waals surface area contributed by atoms with Crippen LogP contribution >= 0.6 is 0 Å². The van der Waals surface area contributed by atoms with Crippen molar-refractivity contribution in [3.05, 3.63) is 59.0 Å². The van der Waals surface area contributed by atoms with E-state index in [2.05, 4.69) is 42.6 Å². The van der Waals surface area contributed by atoms with Crippen LogP contribution in [0.25, 0.3) is 0 Å². The van der Waals surface area contributed by atoms with Gasteiger partial charge < -0.3 is 9.73 Å². The molecule has 0 aliphatic heterocycles. The summed E-state index contributed by atoms with van der Waals surface area (Å²) in [4.78, 5) is 0. The molecule has 0 bridgehead atoms. The number of hydrogen-bond donors (Lipinski definition) is 1. The smallest absolute Gasteiger partial charge is 0.123 e. The van der Waals surface area contributed by atoms with Crippen LogP contribution < -0.4 is 5.32 Å². The highest BCUT2D eigenvalue weighted by Crippen LogP contribution is 2.38. The Bertz CT molecular complexity index is 572. The molecular formula is C18H23NO. The number of rotatable bonds is 4. The van der Waals surface area contributed by atoms with Crippen LogP contribution in [0, 0.1) is 6.92 Å². The Morgan fingerprint density at radius 3 is 2.90 bits per heavy atom. The molecule has 0 fully saturated rings. The summed E-state index contributed by atoms with van der Waals surface area (Å²) in [5.74, 6) is 1.73. The molecule has 1 aromatic heterocycles. The minimum Gasteiger partial charge on any atom is -0.467 e. The lowest BCUT2D eigenvalue weighted by atomic mass is 9.79. The molecule has 1 N–H and O–H groups in total. The van der Waals surface area contributed by atoms with Crippen molar-refractivity contribution in [1.82, 2.24) is 5.32 Å². The highest BCUT2D eigenvalue weighted by molar-refractivity contribution is 5.33. The standard InChI is InChI=1S/C18H23NO/c1-13-10-11-20-18(13)17(19-2)12-15-8-5-7-14-6-3-4-9-16(14)15/h3-4,6,9-11,15,17,19H,5,7-8,12H2,1-2H3. The highest BCUT2D eigenvalue weighted by Gasteiger charge is 2.25. The maximum absolute atomic E-state index is 5.68. The van der Waals surface area contributed by atoms with Crippen molar-refractivity contribution >= 4 is 0 Å². The molecule has 0 saturated heterocycles. The Kier molecular flexibility index (Phi) is 3.93. The van der Waals surface area contributed by atoms with Crippen molar-refractivity contribution in [2.24, 2.45) is 0 Å². The third-order valence-electron chi connectivity index (χ3n) is 4.58. The normalized spacial score (nSPS) is 19.6. The molecule has 2 heteroatoms. The predicted molar refractivity (Wildman–Crippen MR) is 82.0 cm³/mol. The molecule has 20 heavy (non-hydrogen) atoms. The molecule has 2 aromatic rings. The quantitative estimate of drug-likeness (QED) is 0.892. The number of furan rings is 1. The first-order valence-corrected chi connectivity index (χ1v) is 7.58. The van der Waals surface area contributed by atoms with Crippen molar-refractivity contribution in [3.63, 3.8) is 0 Å². The van der Waals surface area contributed by atoms with Gasteiger partial charge in [-0.1, -0.05) is 24.3 Å². The fourth-order valence-electron chi connectivity index (χ4n) is 3.48. The Hall–Kier alpha value is -1.54. The molecular weight excluding hydrogens is 246 g/mol. The van der Waals surface area contributed by atoms with Crippen LogP contribution in [0.3, 0.4) is 0 Å². The molecule has 0 amide bonds. The largest absolute Gasteiger partial charge is 0.467 e. The third kappa shape index (κ3) is 2.53. The van der Waals surface area contributed by atoms with Crippen LogP contribution in [-0.2, 0) is 6.42 Å². The first-order valence-electron chi connectivity index (χ1n) is 7.58. The first-order chi connectivity index (χ1) is 9.79. The molecule has 1 aromatic carbocycles. The maximum atomic E-state index is 5.68. The fraction of sp³-hybridized carbons (Fsp3) is 0.444. The van der Waals surface area contributed by atoms with E-state index in [1.807, 2.05) is 7.05 Å². The second-order valence-electron chi connectivity index (χ2n) is 5.83. The number of hydrogen-bond acceptors (Lipinski definition) is 2. The van der Waals surface area contributed by atoms with Gasteiger partial charge in [-0.2, -0.15) is 0 Å². The van der Waals surface area contributed by atoms with E-state index in [-0.39, 0.29) is 0 Å². The van der Waals surface area contributed by atoms with Crippen LogP contribution in [0.2, 0.25) is 0 Å². The average Bonchev–Trinajstić information content (AvgIpc) is 2.91. The molecule has 2 nitrogen and oxygen atoms in total. The van der Waals surface area contributed by atoms with Gasteiger partial charge in [-0.15, -0.1) is 0 Å². The topological polar surface area (TPSA) is 25.2 Å². The monoisotopic (exact) mass is 269 g/mol. The average molecular weight is 269 g/mol. The van der Waals surface area contributed by atoms with Gasteiger partial charge in [0.2, 0.25) is 0 Å². The van der Waals surface area contributed by atoms with E-state index in [1.54, 1.807) is 11.8 Å². The van der Waals surface area contributed by atoms with Gasteiger partial charge in [-0.3, -0.25) is 0 Å². The second kappa shape index (κ2) is 5.84. The van der Waals surface area contributed by atoms with Gasteiger partial charge in [-0.05, 0) is 68.3 Å².